The number of halogens is 1. The first kappa shape index (κ1) is 23.9. The van der Waals surface area contributed by atoms with Crippen LogP contribution in [0.25, 0.3) is 5.57 Å². The van der Waals surface area contributed by atoms with Gasteiger partial charge in [-0.2, -0.15) is 0 Å². The highest BCUT2D eigenvalue weighted by atomic mass is 19.1. The molecule has 1 saturated heterocycles. The molecule has 0 unspecified atom stereocenters. The molecule has 9 heteroatoms. The van der Waals surface area contributed by atoms with E-state index in [1.165, 1.54) is 22.5 Å². The maximum atomic E-state index is 14.9. The number of rotatable bonds is 5. The van der Waals surface area contributed by atoms with Gasteiger partial charge in [0.25, 0.3) is 5.91 Å². The van der Waals surface area contributed by atoms with Gasteiger partial charge in [-0.1, -0.05) is 24.3 Å². The van der Waals surface area contributed by atoms with Crippen LogP contribution in [0.1, 0.15) is 40.7 Å². The molecule has 3 amide bonds. The van der Waals surface area contributed by atoms with Crippen molar-refractivity contribution in [2.45, 2.75) is 31.9 Å². The van der Waals surface area contributed by atoms with E-state index < -0.39 is 17.8 Å². The summed E-state index contributed by atoms with van der Waals surface area (Å²) >= 11 is 0. The molecule has 34 heavy (non-hydrogen) atoms. The van der Waals surface area contributed by atoms with Crippen LogP contribution >= 0.6 is 0 Å². The zero-order chi connectivity index (χ0) is 24.1. The number of amides is 3. The molecular weight excluding hydrogens is 441 g/mol. The van der Waals surface area contributed by atoms with Crippen molar-refractivity contribution in [3.05, 3.63) is 71.0 Å². The predicted molar refractivity (Wildman–Crippen MR) is 124 cm³/mol. The van der Waals surface area contributed by atoms with Crippen LogP contribution < -0.4 is 10.4 Å². The number of benzene rings is 2. The van der Waals surface area contributed by atoms with Crippen molar-refractivity contribution in [2.24, 2.45) is 0 Å². The molecule has 2 heterocycles. The van der Waals surface area contributed by atoms with Crippen LogP contribution in [0, 0.1) is 5.82 Å². The Labute approximate surface area is 197 Å². The Kier molecular flexibility index (Phi) is 7.56. The highest BCUT2D eigenvalue weighted by molar-refractivity contribution is 5.94. The maximum absolute atomic E-state index is 14.9. The van der Waals surface area contributed by atoms with Crippen molar-refractivity contribution < 1.29 is 29.0 Å². The monoisotopic (exact) mass is 469 g/mol. The van der Waals surface area contributed by atoms with Gasteiger partial charge >= 0.3 is 6.03 Å². The number of carbonyl (C=O) groups is 2. The number of carbonyl (C=O) groups excluding carboxylic acids is 2. The lowest BCUT2D eigenvalue weighted by Gasteiger charge is -2.35. The van der Waals surface area contributed by atoms with Crippen molar-refractivity contribution in [1.29, 1.82) is 0 Å². The molecule has 3 N–H and O–H groups in total. The van der Waals surface area contributed by atoms with Gasteiger partial charge < -0.3 is 14.7 Å². The van der Waals surface area contributed by atoms with Crippen molar-refractivity contribution in [2.75, 3.05) is 31.2 Å². The van der Waals surface area contributed by atoms with Gasteiger partial charge in [-0.15, -0.1) is 0 Å². The number of aliphatic hydroxyl groups excluding tert-OH is 1. The van der Waals surface area contributed by atoms with E-state index in [9.17, 15) is 19.1 Å². The quantitative estimate of drug-likeness (QED) is 0.461. The van der Waals surface area contributed by atoms with Gasteiger partial charge in [0.05, 0.1) is 25.9 Å². The van der Waals surface area contributed by atoms with Gasteiger partial charge in [-0.25, -0.2) is 14.7 Å². The zero-order valence-corrected chi connectivity index (χ0v) is 18.7. The molecule has 1 fully saturated rings. The van der Waals surface area contributed by atoms with Gasteiger partial charge in [-0.3, -0.25) is 14.9 Å². The minimum Gasteiger partial charge on any atom is -0.393 e. The number of piperidine rings is 1. The molecule has 0 aromatic heterocycles. The van der Waals surface area contributed by atoms with Crippen molar-refractivity contribution >= 4 is 23.2 Å². The summed E-state index contributed by atoms with van der Waals surface area (Å²) in [6, 6.07) is 11.2. The lowest BCUT2D eigenvalue weighted by Crippen LogP contribution is -2.47. The van der Waals surface area contributed by atoms with Crippen molar-refractivity contribution in [3.63, 3.8) is 0 Å². The molecule has 0 aliphatic carbocycles. The number of aliphatic hydroxyl groups is 1. The molecule has 180 valence electrons. The van der Waals surface area contributed by atoms with Crippen LogP contribution in [0.2, 0.25) is 0 Å². The molecular formula is C25H28FN3O5. The van der Waals surface area contributed by atoms with Crippen LogP contribution in [-0.2, 0) is 11.3 Å². The molecule has 2 aromatic carbocycles. The summed E-state index contributed by atoms with van der Waals surface area (Å²) in [5.41, 5.74) is 4.42. The predicted octanol–water partition coefficient (Wildman–Crippen LogP) is 3.33. The average molecular weight is 470 g/mol. The smallest absolute Gasteiger partial charge is 0.324 e. The topological polar surface area (TPSA) is 102 Å². The number of anilines is 1. The van der Waals surface area contributed by atoms with E-state index in [1.807, 2.05) is 30.3 Å². The van der Waals surface area contributed by atoms with E-state index in [-0.39, 0.29) is 23.7 Å². The normalized spacial score (nSPS) is 16.7. The standard InChI is InChI=1S/C25H28FN3O5/c26-23-15-19(24(31)27-33)4-5-20(23)16-29(25(32)28-10-6-22(30)7-11-28)21-3-1-2-18(14-21)17-8-12-34-13-9-17/h1-5,8,14-15,22,30,33H,6-7,9-13,16H2,(H,27,31). The fourth-order valence-corrected chi connectivity index (χ4v) is 4.21. The van der Waals surface area contributed by atoms with Crippen molar-refractivity contribution in [1.82, 2.24) is 10.4 Å². The molecule has 4 rings (SSSR count). The first-order valence-electron chi connectivity index (χ1n) is 11.3. The Hall–Kier alpha value is -3.27. The van der Waals surface area contributed by atoms with E-state index in [0.29, 0.717) is 44.8 Å². The number of ether oxygens (including phenoxy) is 1. The van der Waals surface area contributed by atoms with E-state index >= 15 is 0 Å². The highest BCUT2D eigenvalue weighted by Gasteiger charge is 2.27. The van der Waals surface area contributed by atoms with E-state index in [0.717, 1.165) is 23.6 Å². The Morgan fingerprint density at radius 3 is 2.65 bits per heavy atom. The minimum atomic E-state index is -0.817. The third-order valence-corrected chi connectivity index (χ3v) is 6.20. The maximum Gasteiger partial charge on any atom is 0.324 e. The fourth-order valence-electron chi connectivity index (χ4n) is 4.21. The van der Waals surface area contributed by atoms with Crippen molar-refractivity contribution in [3.8, 4) is 0 Å². The second kappa shape index (κ2) is 10.8. The number of hydroxylamine groups is 1. The molecule has 8 nitrogen and oxygen atoms in total. The summed E-state index contributed by atoms with van der Waals surface area (Å²) in [7, 11) is 0. The Balaban J connectivity index is 1.66. The minimum absolute atomic E-state index is 0.0277. The largest absolute Gasteiger partial charge is 0.393 e. The molecule has 0 radical (unpaired) electrons. The average Bonchev–Trinajstić information content (AvgIpc) is 2.88. The third kappa shape index (κ3) is 5.44. The molecule has 2 aromatic rings. The summed E-state index contributed by atoms with van der Waals surface area (Å²) in [4.78, 5) is 28.3. The van der Waals surface area contributed by atoms with Crippen LogP contribution in [-0.4, -0.2) is 59.6 Å². The molecule has 2 aliphatic rings. The second-order valence-corrected chi connectivity index (χ2v) is 8.44. The van der Waals surface area contributed by atoms with Gasteiger partial charge in [0.2, 0.25) is 0 Å². The first-order valence-corrected chi connectivity index (χ1v) is 11.3. The highest BCUT2D eigenvalue weighted by Crippen LogP contribution is 2.28. The van der Waals surface area contributed by atoms with E-state index in [2.05, 4.69) is 0 Å². The van der Waals surface area contributed by atoms with Crippen LogP contribution in [0.5, 0.6) is 0 Å². The van der Waals surface area contributed by atoms with Crippen LogP contribution in [0.15, 0.2) is 48.5 Å². The number of hydrogen-bond donors (Lipinski definition) is 3. The molecule has 0 atom stereocenters. The number of urea groups is 1. The summed E-state index contributed by atoms with van der Waals surface area (Å²) in [5.74, 6) is -1.47. The van der Waals surface area contributed by atoms with Crippen LogP contribution in [0.4, 0.5) is 14.9 Å². The summed E-state index contributed by atoms with van der Waals surface area (Å²) < 4.78 is 20.3. The SMILES string of the molecule is O=C(NO)c1ccc(CN(C(=O)N2CCC(O)CC2)c2cccc(C3=CCOCC3)c2)c(F)c1. The third-order valence-electron chi connectivity index (χ3n) is 6.20. The number of likely N-dealkylation sites (tertiary alicyclic amines) is 1. The number of nitrogens with zero attached hydrogens (tertiary/aromatic N) is 2. The fraction of sp³-hybridized carbons (Fsp3) is 0.360. The number of nitrogens with one attached hydrogen (secondary N) is 1. The van der Waals surface area contributed by atoms with Gasteiger partial charge in [0.15, 0.2) is 0 Å². The van der Waals surface area contributed by atoms with Gasteiger partial charge in [0, 0.05) is 29.9 Å². The van der Waals surface area contributed by atoms with E-state index in [4.69, 9.17) is 9.94 Å². The second-order valence-electron chi connectivity index (χ2n) is 8.44. The molecule has 0 spiro atoms. The van der Waals surface area contributed by atoms with E-state index in [1.54, 1.807) is 4.90 Å². The first-order chi connectivity index (χ1) is 16.5. The van der Waals surface area contributed by atoms with Gasteiger partial charge in [0.1, 0.15) is 5.82 Å². The summed E-state index contributed by atoms with van der Waals surface area (Å²) in [6.45, 7) is 1.95. The Morgan fingerprint density at radius 2 is 1.97 bits per heavy atom. The Bertz CT molecular complexity index is 1080. The molecule has 2 aliphatic heterocycles. The van der Waals surface area contributed by atoms with Crippen LogP contribution in [0.3, 0.4) is 0 Å². The lowest BCUT2D eigenvalue weighted by atomic mass is 10.0. The zero-order valence-electron chi connectivity index (χ0n) is 18.7. The summed E-state index contributed by atoms with van der Waals surface area (Å²) in [5, 5.41) is 18.6. The molecule has 0 bridgehead atoms. The summed E-state index contributed by atoms with van der Waals surface area (Å²) in [6.07, 6.45) is 3.34. The molecule has 0 saturated carbocycles. The number of hydrogen-bond acceptors (Lipinski definition) is 5. The lowest BCUT2D eigenvalue weighted by molar-refractivity contribution is 0.0705. The van der Waals surface area contributed by atoms with Gasteiger partial charge in [-0.05, 0) is 54.7 Å². The Morgan fingerprint density at radius 1 is 1.18 bits per heavy atom.